The van der Waals surface area contributed by atoms with Crippen molar-refractivity contribution in [1.29, 1.82) is 0 Å². The van der Waals surface area contributed by atoms with Crippen LogP contribution in [0.25, 0.3) is 0 Å². The van der Waals surface area contributed by atoms with E-state index in [9.17, 15) is 0 Å². The monoisotopic (exact) mass is 272 g/mol. The SMILES string of the molecule is c1cc2c(cc1CCN1CCNCC1C1CC1)CCO2. The second kappa shape index (κ2) is 5.38. The van der Waals surface area contributed by atoms with E-state index in [1.165, 1.54) is 50.0 Å². The van der Waals surface area contributed by atoms with Gasteiger partial charge in [0.15, 0.2) is 0 Å². The van der Waals surface area contributed by atoms with Crippen LogP contribution in [0.4, 0.5) is 0 Å². The van der Waals surface area contributed by atoms with Crippen molar-refractivity contribution < 1.29 is 4.74 Å². The van der Waals surface area contributed by atoms with Gasteiger partial charge in [-0.15, -0.1) is 0 Å². The van der Waals surface area contributed by atoms with Crippen LogP contribution in [0.1, 0.15) is 24.0 Å². The summed E-state index contributed by atoms with van der Waals surface area (Å²) in [6, 6.07) is 7.56. The van der Waals surface area contributed by atoms with Crippen LogP contribution >= 0.6 is 0 Å². The molecule has 1 atom stereocenters. The molecule has 1 N–H and O–H groups in total. The Morgan fingerprint density at radius 2 is 2.25 bits per heavy atom. The topological polar surface area (TPSA) is 24.5 Å². The van der Waals surface area contributed by atoms with Crippen LogP contribution in [-0.2, 0) is 12.8 Å². The van der Waals surface area contributed by atoms with Crippen molar-refractivity contribution >= 4 is 0 Å². The van der Waals surface area contributed by atoms with Gasteiger partial charge in [0.05, 0.1) is 6.61 Å². The van der Waals surface area contributed by atoms with Crippen LogP contribution in [0.5, 0.6) is 5.75 Å². The fourth-order valence-corrected chi connectivity index (χ4v) is 3.66. The molecule has 20 heavy (non-hydrogen) atoms. The Kier molecular flexibility index (Phi) is 3.41. The predicted molar refractivity (Wildman–Crippen MR) is 80.3 cm³/mol. The lowest BCUT2D eigenvalue weighted by atomic mass is 10.0. The summed E-state index contributed by atoms with van der Waals surface area (Å²) >= 11 is 0. The lowest BCUT2D eigenvalue weighted by Crippen LogP contribution is -2.52. The fourth-order valence-electron chi connectivity index (χ4n) is 3.66. The van der Waals surface area contributed by atoms with Gasteiger partial charge in [0.25, 0.3) is 0 Å². The highest BCUT2D eigenvalue weighted by atomic mass is 16.5. The minimum Gasteiger partial charge on any atom is -0.493 e. The fraction of sp³-hybridized carbons (Fsp3) is 0.647. The Labute approximate surface area is 121 Å². The third kappa shape index (κ3) is 2.57. The first-order valence-corrected chi connectivity index (χ1v) is 8.09. The van der Waals surface area contributed by atoms with Crippen molar-refractivity contribution in [1.82, 2.24) is 10.2 Å². The second-order valence-electron chi connectivity index (χ2n) is 6.44. The molecule has 3 aliphatic rings. The number of hydrogen-bond acceptors (Lipinski definition) is 3. The normalized spacial score (nSPS) is 26.3. The molecule has 1 unspecified atom stereocenters. The molecule has 2 aliphatic heterocycles. The number of piperazine rings is 1. The third-order valence-electron chi connectivity index (χ3n) is 5.01. The molecule has 3 nitrogen and oxygen atoms in total. The minimum atomic E-state index is 0.793. The highest BCUT2D eigenvalue weighted by Gasteiger charge is 2.36. The maximum Gasteiger partial charge on any atom is 0.122 e. The highest BCUT2D eigenvalue weighted by molar-refractivity contribution is 5.39. The van der Waals surface area contributed by atoms with Gasteiger partial charge in [0, 0.05) is 38.6 Å². The zero-order valence-electron chi connectivity index (χ0n) is 12.1. The van der Waals surface area contributed by atoms with E-state index in [1.807, 2.05) is 0 Å². The quantitative estimate of drug-likeness (QED) is 0.905. The van der Waals surface area contributed by atoms with Crippen molar-refractivity contribution in [3.05, 3.63) is 29.3 Å². The van der Waals surface area contributed by atoms with Crippen LogP contribution < -0.4 is 10.1 Å². The Balaban J connectivity index is 1.39. The number of fused-ring (bicyclic) bond motifs is 1. The summed E-state index contributed by atoms with van der Waals surface area (Å²) < 4.78 is 5.59. The maximum absolute atomic E-state index is 5.59. The van der Waals surface area contributed by atoms with Crippen molar-refractivity contribution in [2.75, 3.05) is 32.8 Å². The number of benzene rings is 1. The van der Waals surface area contributed by atoms with E-state index < -0.39 is 0 Å². The molecule has 4 rings (SSSR count). The second-order valence-corrected chi connectivity index (χ2v) is 6.44. The molecular formula is C17H24N2O. The van der Waals surface area contributed by atoms with Gasteiger partial charge in [0.2, 0.25) is 0 Å². The van der Waals surface area contributed by atoms with Gasteiger partial charge in [-0.05, 0) is 42.4 Å². The van der Waals surface area contributed by atoms with Crippen molar-refractivity contribution in [2.24, 2.45) is 5.92 Å². The summed E-state index contributed by atoms with van der Waals surface area (Å²) in [5.41, 5.74) is 2.88. The van der Waals surface area contributed by atoms with Crippen LogP contribution in [0.15, 0.2) is 18.2 Å². The van der Waals surface area contributed by atoms with Gasteiger partial charge >= 0.3 is 0 Å². The van der Waals surface area contributed by atoms with Crippen LogP contribution in [0.2, 0.25) is 0 Å². The number of nitrogens with one attached hydrogen (secondary N) is 1. The molecule has 1 saturated carbocycles. The third-order valence-corrected chi connectivity index (χ3v) is 5.01. The van der Waals surface area contributed by atoms with Gasteiger partial charge in [-0.2, -0.15) is 0 Å². The highest BCUT2D eigenvalue weighted by Crippen LogP contribution is 2.36. The first kappa shape index (κ1) is 12.7. The molecule has 1 saturated heterocycles. The summed E-state index contributed by atoms with van der Waals surface area (Å²) in [6.45, 7) is 5.64. The van der Waals surface area contributed by atoms with E-state index >= 15 is 0 Å². The van der Waals surface area contributed by atoms with Gasteiger partial charge in [-0.3, -0.25) is 4.90 Å². The Hall–Kier alpha value is -1.06. The molecule has 0 radical (unpaired) electrons. The van der Waals surface area contributed by atoms with E-state index in [0.717, 1.165) is 37.3 Å². The first-order chi connectivity index (χ1) is 9.90. The maximum atomic E-state index is 5.59. The molecule has 2 heterocycles. The van der Waals surface area contributed by atoms with Crippen LogP contribution in [0, 0.1) is 5.92 Å². The van der Waals surface area contributed by atoms with Crippen LogP contribution in [0.3, 0.4) is 0 Å². The Morgan fingerprint density at radius 3 is 3.15 bits per heavy atom. The molecule has 0 bridgehead atoms. The number of rotatable bonds is 4. The first-order valence-electron chi connectivity index (χ1n) is 8.09. The zero-order chi connectivity index (χ0) is 13.4. The van der Waals surface area contributed by atoms with E-state index in [4.69, 9.17) is 4.74 Å². The smallest absolute Gasteiger partial charge is 0.122 e. The van der Waals surface area contributed by atoms with E-state index in [1.54, 1.807) is 0 Å². The number of nitrogens with zero attached hydrogens (tertiary/aromatic N) is 1. The summed E-state index contributed by atoms with van der Waals surface area (Å²) in [7, 11) is 0. The standard InChI is InChI=1S/C17H24N2O/c1-4-17-15(6-10-20-17)11-13(1)5-8-19-9-7-18-12-16(19)14-2-3-14/h1,4,11,14,16,18H,2-3,5-10,12H2. The lowest BCUT2D eigenvalue weighted by Gasteiger charge is -2.36. The molecule has 108 valence electrons. The summed E-state index contributed by atoms with van der Waals surface area (Å²) in [5.74, 6) is 2.07. The molecule has 0 aromatic heterocycles. The molecular weight excluding hydrogens is 248 g/mol. The molecule has 3 heteroatoms. The zero-order valence-corrected chi connectivity index (χ0v) is 12.1. The van der Waals surface area contributed by atoms with E-state index in [-0.39, 0.29) is 0 Å². The molecule has 0 spiro atoms. The Bertz CT molecular complexity index is 484. The molecule has 2 fully saturated rings. The van der Waals surface area contributed by atoms with Gasteiger partial charge in [-0.25, -0.2) is 0 Å². The van der Waals surface area contributed by atoms with Crippen molar-refractivity contribution in [2.45, 2.75) is 31.7 Å². The van der Waals surface area contributed by atoms with Gasteiger partial charge < -0.3 is 10.1 Å². The van der Waals surface area contributed by atoms with Gasteiger partial charge in [-0.1, -0.05) is 12.1 Å². The average Bonchev–Trinajstić information content (AvgIpc) is 3.23. The Morgan fingerprint density at radius 1 is 1.30 bits per heavy atom. The largest absolute Gasteiger partial charge is 0.493 e. The molecule has 0 amide bonds. The van der Waals surface area contributed by atoms with E-state index in [2.05, 4.69) is 28.4 Å². The lowest BCUT2D eigenvalue weighted by molar-refractivity contribution is 0.145. The summed E-state index contributed by atoms with van der Waals surface area (Å²) in [6.07, 6.45) is 5.15. The molecule has 1 aliphatic carbocycles. The number of ether oxygens (including phenoxy) is 1. The van der Waals surface area contributed by atoms with Crippen LogP contribution in [-0.4, -0.2) is 43.7 Å². The average molecular weight is 272 g/mol. The predicted octanol–water partition coefficient (Wildman–Crippen LogP) is 1.85. The molecule has 1 aromatic carbocycles. The van der Waals surface area contributed by atoms with Crippen molar-refractivity contribution in [3.8, 4) is 5.75 Å². The molecule has 1 aromatic rings. The van der Waals surface area contributed by atoms with Crippen molar-refractivity contribution in [3.63, 3.8) is 0 Å². The minimum absolute atomic E-state index is 0.793. The van der Waals surface area contributed by atoms with Gasteiger partial charge in [0.1, 0.15) is 5.75 Å². The van der Waals surface area contributed by atoms with E-state index in [0.29, 0.717) is 0 Å². The number of hydrogen-bond donors (Lipinski definition) is 1. The summed E-state index contributed by atoms with van der Waals surface area (Å²) in [4.78, 5) is 2.72. The summed E-state index contributed by atoms with van der Waals surface area (Å²) in [5, 5.41) is 3.56.